The van der Waals surface area contributed by atoms with Crippen molar-refractivity contribution in [1.82, 2.24) is 20.3 Å². The van der Waals surface area contributed by atoms with Crippen molar-refractivity contribution in [2.75, 3.05) is 13.4 Å². The van der Waals surface area contributed by atoms with E-state index in [1.807, 2.05) is 6.26 Å². The van der Waals surface area contributed by atoms with Crippen molar-refractivity contribution in [3.63, 3.8) is 0 Å². The monoisotopic (exact) mass is 326 g/mol. The first-order valence-corrected chi connectivity index (χ1v) is 8.75. The molecule has 0 bridgehead atoms. The van der Waals surface area contributed by atoms with E-state index < -0.39 is 5.60 Å². The number of thioether (sulfide) groups is 1. The molecule has 0 saturated heterocycles. The summed E-state index contributed by atoms with van der Waals surface area (Å²) in [5.74, 6) is 3.21. The van der Waals surface area contributed by atoms with Gasteiger partial charge in [-0.3, -0.25) is 0 Å². The summed E-state index contributed by atoms with van der Waals surface area (Å²) >= 11 is 1.66. The first-order valence-electron chi connectivity index (χ1n) is 7.36. The van der Waals surface area contributed by atoms with E-state index in [-0.39, 0.29) is 0 Å². The Bertz CT molecular complexity index is 572. The van der Waals surface area contributed by atoms with Crippen LogP contribution in [0.5, 0.6) is 0 Å². The van der Waals surface area contributed by atoms with E-state index in [0.717, 1.165) is 18.6 Å². The third-order valence-corrected chi connectivity index (χ3v) is 4.29. The van der Waals surface area contributed by atoms with Crippen LogP contribution in [0.25, 0.3) is 0 Å². The molecule has 0 aliphatic rings. The molecule has 2 rings (SSSR count). The molecule has 2 aromatic rings. The molecule has 0 aromatic carbocycles. The summed E-state index contributed by atoms with van der Waals surface area (Å²) in [6, 6.07) is 0. The van der Waals surface area contributed by atoms with E-state index in [2.05, 4.69) is 34.1 Å². The second kappa shape index (κ2) is 7.73. The van der Waals surface area contributed by atoms with Gasteiger partial charge in [-0.05, 0) is 19.1 Å². The fourth-order valence-electron chi connectivity index (χ4n) is 2.28. The standard InChI is InChI=1S/C14H22N4O3S/c1-5-14(6-2,19-3)13-16-12(21-18-13)8-7-11-15-10(9-22-4)17-20-11/h5-9H2,1-4H3. The smallest absolute Gasteiger partial charge is 0.227 e. The van der Waals surface area contributed by atoms with Crippen LogP contribution in [-0.4, -0.2) is 33.6 Å². The number of aryl methyl sites for hydroxylation is 2. The predicted molar refractivity (Wildman–Crippen MR) is 82.5 cm³/mol. The van der Waals surface area contributed by atoms with Crippen molar-refractivity contribution in [3.8, 4) is 0 Å². The van der Waals surface area contributed by atoms with Crippen LogP contribution in [-0.2, 0) is 28.9 Å². The molecule has 0 aliphatic carbocycles. The van der Waals surface area contributed by atoms with Crippen molar-refractivity contribution < 1.29 is 13.8 Å². The number of hydrogen-bond acceptors (Lipinski definition) is 8. The van der Waals surface area contributed by atoms with Gasteiger partial charge in [-0.2, -0.15) is 21.7 Å². The Kier molecular flexibility index (Phi) is 5.96. The van der Waals surface area contributed by atoms with E-state index in [4.69, 9.17) is 13.8 Å². The van der Waals surface area contributed by atoms with Crippen molar-refractivity contribution in [1.29, 1.82) is 0 Å². The van der Waals surface area contributed by atoms with E-state index in [1.165, 1.54) is 0 Å². The summed E-state index contributed by atoms with van der Waals surface area (Å²) < 4.78 is 16.1. The minimum absolute atomic E-state index is 0.474. The fourth-order valence-corrected chi connectivity index (χ4v) is 2.66. The van der Waals surface area contributed by atoms with Gasteiger partial charge in [0.05, 0.1) is 5.75 Å². The van der Waals surface area contributed by atoms with E-state index in [1.54, 1.807) is 18.9 Å². The van der Waals surface area contributed by atoms with Crippen LogP contribution in [0.3, 0.4) is 0 Å². The third-order valence-electron chi connectivity index (χ3n) is 3.74. The molecule has 0 atom stereocenters. The average molecular weight is 326 g/mol. The highest BCUT2D eigenvalue weighted by Crippen LogP contribution is 2.30. The van der Waals surface area contributed by atoms with Crippen LogP contribution in [0.1, 0.15) is 50.1 Å². The zero-order chi connectivity index (χ0) is 16.0. The Morgan fingerprint density at radius 3 is 2.27 bits per heavy atom. The van der Waals surface area contributed by atoms with Gasteiger partial charge in [-0.1, -0.05) is 24.2 Å². The molecular formula is C14H22N4O3S. The lowest BCUT2D eigenvalue weighted by Gasteiger charge is -2.25. The number of hydrogen-bond donors (Lipinski definition) is 0. The minimum atomic E-state index is -0.474. The van der Waals surface area contributed by atoms with Crippen LogP contribution in [0.4, 0.5) is 0 Å². The highest BCUT2D eigenvalue weighted by atomic mass is 32.2. The van der Waals surface area contributed by atoms with Gasteiger partial charge >= 0.3 is 0 Å². The summed E-state index contributed by atoms with van der Waals surface area (Å²) in [6.45, 7) is 4.10. The molecule has 0 N–H and O–H groups in total. The molecule has 122 valence electrons. The van der Waals surface area contributed by atoms with Crippen LogP contribution in [0.2, 0.25) is 0 Å². The zero-order valence-corrected chi connectivity index (χ0v) is 14.3. The highest BCUT2D eigenvalue weighted by molar-refractivity contribution is 7.97. The van der Waals surface area contributed by atoms with Crippen molar-refractivity contribution in [3.05, 3.63) is 23.4 Å². The first kappa shape index (κ1) is 17.0. The molecule has 0 saturated carbocycles. The second-order valence-electron chi connectivity index (χ2n) is 4.95. The lowest BCUT2D eigenvalue weighted by molar-refractivity contribution is -0.0306. The van der Waals surface area contributed by atoms with Gasteiger partial charge in [-0.25, -0.2) is 0 Å². The summed E-state index contributed by atoms with van der Waals surface area (Å²) in [4.78, 5) is 8.76. The topological polar surface area (TPSA) is 87.1 Å². The number of methoxy groups -OCH3 is 1. The van der Waals surface area contributed by atoms with Crippen LogP contribution in [0, 0.1) is 0 Å². The Morgan fingerprint density at radius 2 is 1.68 bits per heavy atom. The third kappa shape index (κ3) is 3.67. The zero-order valence-electron chi connectivity index (χ0n) is 13.5. The fraction of sp³-hybridized carbons (Fsp3) is 0.714. The first-order chi connectivity index (χ1) is 10.7. The van der Waals surface area contributed by atoms with E-state index in [0.29, 0.717) is 36.3 Å². The van der Waals surface area contributed by atoms with Gasteiger partial charge in [0, 0.05) is 20.0 Å². The number of ether oxygens (including phenoxy) is 1. The lowest BCUT2D eigenvalue weighted by Crippen LogP contribution is -2.28. The summed E-state index contributed by atoms with van der Waals surface area (Å²) in [5.41, 5.74) is -0.474. The van der Waals surface area contributed by atoms with Gasteiger partial charge < -0.3 is 13.8 Å². The van der Waals surface area contributed by atoms with Gasteiger partial charge in [0.1, 0.15) is 5.60 Å². The normalized spacial score (nSPS) is 12.0. The number of rotatable bonds is 9. The minimum Gasteiger partial charge on any atom is -0.370 e. The van der Waals surface area contributed by atoms with E-state index in [9.17, 15) is 0 Å². The van der Waals surface area contributed by atoms with Gasteiger partial charge in [0.25, 0.3) is 0 Å². The van der Waals surface area contributed by atoms with E-state index >= 15 is 0 Å². The number of nitrogens with zero attached hydrogens (tertiary/aromatic N) is 4. The van der Waals surface area contributed by atoms with Gasteiger partial charge in [0.15, 0.2) is 5.82 Å². The predicted octanol–water partition coefficient (Wildman–Crippen LogP) is 2.76. The van der Waals surface area contributed by atoms with Crippen LogP contribution in [0.15, 0.2) is 9.05 Å². The summed E-state index contributed by atoms with van der Waals surface area (Å²) in [6.07, 6.45) is 4.74. The molecule has 2 aromatic heterocycles. The lowest BCUT2D eigenvalue weighted by atomic mass is 9.96. The molecule has 0 unspecified atom stereocenters. The Hall–Kier alpha value is -1.41. The maximum atomic E-state index is 5.60. The molecular weight excluding hydrogens is 304 g/mol. The van der Waals surface area contributed by atoms with Crippen molar-refractivity contribution >= 4 is 11.8 Å². The Balaban J connectivity index is 1.99. The molecule has 7 nitrogen and oxygen atoms in total. The molecule has 2 heterocycles. The second-order valence-corrected chi connectivity index (χ2v) is 5.82. The van der Waals surface area contributed by atoms with Crippen LogP contribution < -0.4 is 0 Å². The maximum absolute atomic E-state index is 5.60. The Labute approximate surface area is 134 Å². The SMILES string of the molecule is CCC(CC)(OC)c1noc(CCc2nc(CSC)no2)n1. The summed E-state index contributed by atoms with van der Waals surface area (Å²) in [7, 11) is 1.68. The van der Waals surface area contributed by atoms with Gasteiger partial charge in [0.2, 0.25) is 17.6 Å². The average Bonchev–Trinajstić information content (AvgIpc) is 3.18. The molecule has 8 heteroatoms. The molecule has 0 aliphatic heterocycles. The van der Waals surface area contributed by atoms with Crippen molar-refractivity contribution in [2.45, 2.75) is 50.9 Å². The molecule has 0 amide bonds. The number of aromatic nitrogens is 4. The molecule has 0 fully saturated rings. The highest BCUT2D eigenvalue weighted by Gasteiger charge is 2.33. The Morgan fingerprint density at radius 1 is 1.05 bits per heavy atom. The summed E-state index contributed by atoms with van der Waals surface area (Å²) in [5, 5.41) is 7.98. The molecule has 0 radical (unpaired) electrons. The van der Waals surface area contributed by atoms with Crippen molar-refractivity contribution in [2.24, 2.45) is 0 Å². The van der Waals surface area contributed by atoms with Gasteiger partial charge in [-0.15, -0.1) is 0 Å². The molecule has 0 spiro atoms. The largest absolute Gasteiger partial charge is 0.370 e. The molecule has 22 heavy (non-hydrogen) atoms. The van der Waals surface area contributed by atoms with Crippen LogP contribution >= 0.6 is 11.8 Å². The quantitative estimate of drug-likeness (QED) is 0.695. The maximum Gasteiger partial charge on any atom is 0.227 e.